The molecule has 5 heteroatoms. The molecule has 1 saturated heterocycles. The van der Waals surface area contributed by atoms with Crippen LogP contribution in [-0.2, 0) is 9.53 Å². The van der Waals surface area contributed by atoms with Gasteiger partial charge in [0.1, 0.15) is 5.54 Å². The van der Waals surface area contributed by atoms with Gasteiger partial charge in [-0.2, -0.15) is 0 Å². The second kappa shape index (κ2) is 7.27. The molecule has 0 spiro atoms. The molecule has 1 aromatic carbocycles. The van der Waals surface area contributed by atoms with Gasteiger partial charge in [-0.05, 0) is 44.0 Å². The molecule has 1 aromatic rings. The number of halogens is 1. The number of ether oxygens (including phenoxy) is 1. The summed E-state index contributed by atoms with van der Waals surface area (Å²) in [6.45, 7) is 5.12. The predicted molar refractivity (Wildman–Crippen MR) is 88.5 cm³/mol. The van der Waals surface area contributed by atoms with Crippen molar-refractivity contribution in [3.63, 3.8) is 0 Å². The van der Waals surface area contributed by atoms with Gasteiger partial charge in [0.2, 0.25) is 0 Å². The first-order valence-electron chi connectivity index (χ1n) is 7.44. The van der Waals surface area contributed by atoms with E-state index in [-0.39, 0.29) is 5.97 Å². The first-order chi connectivity index (χ1) is 10.1. The Labute approximate surface area is 135 Å². The van der Waals surface area contributed by atoms with Crippen molar-refractivity contribution in [1.29, 1.82) is 0 Å². The van der Waals surface area contributed by atoms with Crippen LogP contribution in [0.2, 0.25) is 0 Å². The van der Waals surface area contributed by atoms with E-state index in [0.29, 0.717) is 0 Å². The summed E-state index contributed by atoms with van der Waals surface area (Å²) in [6, 6.07) is 7.90. The third kappa shape index (κ3) is 3.98. The molecular weight excluding hydrogens is 332 g/mol. The quantitative estimate of drug-likeness (QED) is 0.823. The third-order valence-electron chi connectivity index (χ3n) is 4.03. The molecular formula is C16H23BrN2O2. The molecule has 1 fully saturated rings. The second-order valence-electron chi connectivity index (χ2n) is 5.55. The molecule has 0 unspecified atom stereocenters. The number of hydrogen-bond donors (Lipinski definition) is 1. The Bertz CT molecular complexity index is 485. The minimum absolute atomic E-state index is 0.168. The number of carbonyl (C=O) groups is 1. The normalized spacial score (nSPS) is 18.2. The first kappa shape index (κ1) is 16.3. The molecule has 2 rings (SSSR count). The maximum Gasteiger partial charge on any atom is 0.331 e. The standard InChI is InChI=1S/C16H23BrN2O2/c1-3-9-19-10-7-16(8-11-19,15(20)21-2)18-14-6-4-5-13(17)12-14/h4-6,12,18H,3,7-11H2,1-2H3. The maximum atomic E-state index is 12.3. The first-order valence-corrected chi connectivity index (χ1v) is 8.23. The van der Waals surface area contributed by atoms with Crippen LogP contribution in [0.15, 0.2) is 28.7 Å². The summed E-state index contributed by atoms with van der Waals surface area (Å²) in [5.41, 5.74) is 0.332. The Morgan fingerprint density at radius 2 is 2.14 bits per heavy atom. The molecule has 0 atom stereocenters. The number of esters is 1. The van der Waals surface area contributed by atoms with Crippen LogP contribution in [0.4, 0.5) is 5.69 Å². The molecule has 0 amide bonds. The van der Waals surface area contributed by atoms with Crippen LogP contribution in [0.3, 0.4) is 0 Å². The van der Waals surface area contributed by atoms with E-state index in [9.17, 15) is 4.79 Å². The molecule has 1 aliphatic heterocycles. The molecule has 0 bridgehead atoms. The predicted octanol–water partition coefficient (Wildman–Crippen LogP) is 3.28. The lowest BCUT2D eigenvalue weighted by Crippen LogP contribution is -2.55. The molecule has 0 aliphatic carbocycles. The fourth-order valence-electron chi connectivity index (χ4n) is 2.89. The molecule has 116 valence electrons. The van der Waals surface area contributed by atoms with E-state index in [4.69, 9.17) is 4.74 Å². The molecule has 1 heterocycles. The molecule has 1 N–H and O–H groups in total. The summed E-state index contributed by atoms with van der Waals surface area (Å²) in [5, 5.41) is 3.42. The summed E-state index contributed by atoms with van der Waals surface area (Å²) >= 11 is 3.46. The van der Waals surface area contributed by atoms with Gasteiger partial charge in [0.05, 0.1) is 7.11 Å². The highest BCUT2D eigenvalue weighted by molar-refractivity contribution is 9.10. The van der Waals surface area contributed by atoms with E-state index in [1.165, 1.54) is 7.11 Å². The smallest absolute Gasteiger partial charge is 0.331 e. The Morgan fingerprint density at radius 1 is 1.43 bits per heavy atom. The zero-order valence-electron chi connectivity index (χ0n) is 12.7. The lowest BCUT2D eigenvalue weighted by molar-refractivity contribution is -0.147. The van der Waals surface area contributed by atoms with Crippen molar-refractivity contribution in [1.82, 2.24) is 4.90 Å². The molecule has 0 aromatic heterocycles. The van der Waals surface area contributed by atoms with Crippen LogP contribution in [-0.4, -0.2) is 43.2 Å². The van der Waals surface area contributed by atoms with E-state index < -0.39 is 5.54 Å². The monoisotopic (exact) mass is 354 g/mol. The highest BCUT2D eigenvalue weighted by Gasteiger charge is 2.42. The van der Waals surface area contributed by atoms with Gasteiger partial charge in [-0.1, -0.05) is 28.9 Å². The Hall–Kier alpha value is -1.07. The Kier molecular flexibility index (Phi) is 5.65. The van der Waals surface area contributed by atoms with E-state index in [2.05, 4.69) is 33.1 Å². The Balaban J connectivity index is 2.14. The number of carbonyl (C=O) groups excluding carboxylic acids is 1. The van der Waals surface area contributed by atoms with Crippen molar-refractivity contribution in [2.75, 3.05) is 32.1 Å². The van der Waals surface area contributed by atoms with Crippen molar-refractivity contribution in [3.05, 3.63) is 28.7 Å². The van der Waals surface area contributed by atoms with E-state index >= 15 is 0 Å². The highest BCUT2D eigenvalue weighted by atomic mass is 79.9. The summed E-state index contributed by atoms with van der Waals surface area (Å²) in [6.07, 6.45) is 2.68. The van der Waals surface area contributed by atoms with Gasteiger partial charge >= 0.3 is 5.97 Å². The fraction of sp³-hybridized carbons (Fsp3) is 0.562. The van der Waals surface area contributed by atoms with Crippen molar-refractivity contribution in [2.24, 2.45) is 0 Å². The van der Waals surface area contributed by atoms with Gasteiger partial charge in [0.15, 0.2) is 0 Å². The van der Waals surface area contributed by atoms with Crippen LogP contribution in [0, 0.1) is 0 Å². The molecule has 4 nitrogen and oxygen atoms in total. The average Bonchev–Trinajstić information content (AvgIpc) is 2.49. The number of methoxy groups -OCH3 is 1. The van der Waals surface area contributed by atoms with Gasteiger partial charge < -0.3 is 15.0 Å². The summed E-state index contributed by atoms with van der Waals surface area (Å²) in [7, 11) is 1.46. The SMILES string of the molecule is CCCN1CCC(Nc2cccc(Br)c2)(C(=O)OC)CC1. The zero-order valence-corrected chi connectivity index (χ0v) is 14.3. The molecule has 0 saturated carbocycles. The molecule has 1 aliphatic rings. The maximum absolute atomic E-state index is 12.3. The van der Waals surface area contributed by atoms with Crippen LogP contribution in [0.25, 0.3) is 0 Å². The number of piperidine rings is 1. The van der Waals surface area contributed by atoms with Crippen molar-refractivity contribution >= 4 is 27.6 Å². The van der Waals surface area contributed by atoms with Crippen molar-refractivity contribution in [2.45, 2.75) is 31.7 Å². The second-order valence-corrected chi connectivity index (χ2v) is 6.47. The minimum Gasteiger partial charge on any atom is -0.467 e. The summed E-state index contributed by atoms with van der Waals surface area (Å²) in [4.78, 5) is 14.7. The number of hydrogen-bond acceptors (Lipinski definition) is 4. The van der Waals surface area contributed by atoms with Gasteiger partial charge in [-0.3, -0.25) is 0 Å². The zero-order chi connectivity index (χ0) is 15.3. The summed E-state index contributed by atoms with van der Waals surface area (Å²) in [5.74, 6) is -0.168. The van der Waals surface area contributed by atoms with Crippen molar-refractivity contribution < 1.29 is 9.53 Å². The molecule has 21 heavy (non-hydrogen) atoms. The van der Waals surface area contributed by atoms with Crippen LogP contribution < -0.4 is 5.32 Å². The fourth-order valence-corrected chi connectivity index (χ4v) is 3.29. The van der Waals surface area contributed by atoms with Crippen molar-refractivity contribution in [3.8, 4) is 0 Å². The Morgan fingerprint density at radius 3 is 2.71 bits per heavy atom. The van der Waals surface area contributed by atoms with E-state index in [0.717, 1.165) is 49.1 Å². The number of anilines is 1. The number of nitrogens with one attached hydrogen (secondary N) is 1. The highest BCUT2D eigenvalue weighted by Crippen LogP contribution is 2.29. The van der Waals surface area contributed by atoms with Crippen LogP contribution in [0.5, 0.6) is 0 Å². The largest absolute Gasteiger partial charge is 0.467 e. The van der Waals surface area contributed by atoms with E-state index in [1.807, 2.05) is 24.3 Å². The summed E-state index contributed by atoms with van der Waals surface area (Å²) < 4.78 is 6.06. The minimum atomic E-state index is -0.611. The van der Waals surface area contributed by atoms with Crippen LogP contribution in [0.1, 0.15) is 26.2 Å². The number of rotatable bonds is 5. The van der Waals surface area contributed by atoms with Gasteiger partial charge in [0, 0.05) is 23.2 Å². The third-order valence-corrected chi connectivity index (χ3v) is 4.53. The lowest BCUT2D eigenvalue weighted by atomic mass is 9.87. The van der Waals surface area contributed by atoms with Gasteiger partial charge in [-0.15, -0.1) is 0 Å². The van der Waals surface area contributed by atoms with Gasteiger partial charge in [0.25, 0.3) is 0 Å². The lowest BCUT2D eigenvalue weighted by Gasteiger charge is -2.40. The van der Waals surface area contributed by atoms with Crippen LogP contribution >= 0.6 is 15.9 Å². The topological polar surface area (TPSA) is 41.6 Å². The number of likely N-dealkylation sites (tertiary alicyclic amines) is 1. The molecule has 0 radical (unpaired) electrons. The average molecular weight is 355 g/mol. The van der Waals surface area contributed by atoms with Gasteiger partial charge in [-0.25, -0.2) is 4.79 Å². The number of benzene rings is 1. The number of nitrogens with zero attached hydrogens (tertiary/aromatic N) is 1. The van der Waals surface area contributed by atoms with E-state index in [1.54, 1.807) is 0 Å².